The van der Waals surface area contributed by atoms with E-state index in [4.69, 9.17) is 22.5 Å². The van der Waals surface area contributed by atoms with Crippen LogP contribution < -0.4 is 0 Å². The van der Waals surface area contributed by atoms with E-state index in [2.05, 4.69) is 75.6 Å². The van der Waals surface area contributed by atoms with E-state index in [0.29, 0.717) is 22.1 Å². The molecule has 6 heteroatoms. The van der Waals surface area contributed by atoms with Crippen LogP contribution in [-0.2, 0) is 0 Å². The smallest absolute Gasteiger partial charge is 0.167 e. The summed E-state index contributed by atoms with van der Waals surface area (Å²) in [4.78, 5) is 13.7. The van der Waals surface area contributed by atoms with Crippen LogP contribution in [0.5, 0.6) is 0 Å². The van der Waals surface area contributed by atoms with Gasteiger partial charge in [-0.15, -0.1) is 11.3 Å². The lowest BCUT2D eigenvalue weighted by Crippen LogP contribution is -2.00. The highest BCUT2D eigenvalue weighted by molar-refractivity contribution is 7.25. The van der Waals surface area contributed by atoms with Crippen LogP contribution in [0, 0.1) is 0 Å². The lowest BCUT2D eigenvalue weighted by atomic mass is 9.93. The van der Waals surface area contributed by atoms with E-state index in [-0.39, 0.29) is 28.6 Å². The van der Waals surface area contributed by atoms with Crippen LogP contribution in [0.25, 0.3) is 120 Å². The molecule has 8 aromatic carbocycles. The molecule has 0 saturated carbocycles. The Morgan fingerprint density at radius 3 is 1.81 bits per heavy atom. The quantitative estimate of drug-likeness (QED) is 0.175. The van der Waals surface area contributed by atoms with Gasteiger partial charge in [0.15, 0.2) is 17.5 Å². The van der Waals surface area contributed by atoms with Crippen molar-refractivity contribution in [3.8, 4) is 56.4 Å². The number of rotatable bonds is 5. The third-order valence-electron chi connectivity index (χ3n) is 10.3. The molecule has 0 unspecified atom stereocenters. The van der Waals surface area contributed by atoms with Crippen molar-refractivity contribution < 1.29 is 22.5 Å². The highest BCUT2D eigenvalue weighted by Gasteiger charge is 2.21. The number of furan rings is 2. The van der Waals surface area contributed by atoms with Crippen molar-refractivity contribution in [1.82, 2.24) is 15.0 Å². The van der Waals surface area contributed by atoms with Crippen molar-refractivity contribution in [2.75, 3.05) is 0 Å². The SMILES string of the molecule is [2H]c1c([2H])c([2H])c(-c2nc(-c3c([2H])c([2H])c([2H])c([2H])c3[2H])nc(-c3cccc4c3oc3ccc(-c5ccc(-c6ccc7sc8ccccc8c7c6)c6c5oc5ccccc56)cc34)n2)c([2H])c1[2H]. The molecule has 4 aromatic heterocycles. The first-order valence-electron chi connectivity index (χ1n) is 23.1. The summed E-state index contributed by atoms with van der Waals surface area (Å²) in [5.41, 5.74) is 5.83. The molecule has 12 rings (SSSR count). The van der Waals surface area contributed by atoms with Gasteiger partial charge in [-0.3, -0.25) is 0 Å². The summed E-state index contributed by atoms with van der Waals surface area (Å²) in [5.74, 6) is -0.807. The first-order chi connectivity index (χ1) is 32.4. The zero-order valence-corrected chi connectivity index (χ0v) is 30.4. The van der Waals surface area contributed by atoms with Gasteiger partial charge in [-0.05, 0) is 65.2 Å². The molecule has 57 heavy (non-hydrogen) atoms. The Labute approximate surface area is 344 Å². The van der Waals surface area contributed by atoms with Crippen molar-refractivity contribution in [1.29, 1.82) is 0 Å². The minimum Gasteiger partial charge on any atom is -0.455 e. The van der Waals surface area contributed by atoms with Gasteiger partial charge < -0.3 is 8.83 Å². The standard InChI is InChI=1S/C51H29N3O2S/c1-3-12-30(13-4-1)49-52-50(31-14-5-2-6-15-31)54-51(53-49)39-19-11-18-37-40-28-33(22-26-43(40)55-47(37)39)35-25-24-34(46-38-17-7-9-20-42(38)56-48(35)46)32-23-27-45-41(29-32)36-16-8-10-21-44(36)57-45/h1-29H/i1D,2D,3D,4D,5D,6D,12D,13D,14D,15D. The molecule has 266 valence electrons. The second-order valence-corrected chi connectivity index (χ2v) is 14.7. The van der Waals surface area contributed by atoms with E-state index in [9.17, 15) is 0 Å². The van der Waals surface area contributed by atoms with Crippen LogP contribution in [0.4, 0.5) is 0 Å². The molecule has 0 aliphatic heterocycles. The van der Waals surface area contributed by atoms with Crippen molar-refractivity contribution >= 4 is 75.4 Å². The monoisotopic (exact) mass is 757 g/mol. The van der Waals surface area contributed by atoms with Crippen LogP contribution in [0.3, 0.4) is 0 Å². The highest BCUT2D eigenvalue weighted by atomic mass is 32.1. The molecular formula is C51H29N3O2S. The molecule has 0 aliphatic carbocycles. The van der Waals surface area contributed by atoms with E-state index in [0.717, 1.165) is 49.6 Å². The first-order valence-corrected chi connectivity index (χ1v) is 18.9. The van der Waals surface area contributed by atoms with E-state index in [1.54, 1.807) is 23.5 Å². The lowest BCUT2D eigenvalue weighted by Gasteiger charge is -2.09. The van der Waals surface area contributed by atoms with Crippen LogP contribution in [-0.4, -0.2) is 15.0 Å². The van der Waals surface area contributed by atoms with E-state index in [1.165, 1.54) is 20.2 Å². The molecule has 0 amide bonds. The van der Waals surface area contributed by atoms with E-state index >= 15 is 0 Å². The first kappa shape index (κ1) is 23.5. The molecule has 0 saturated heterocycles. The summed E-state index contributed by atoms with van der Waals surface area (Å²) in [6.45, 7) is 0. The van der Waals surface area contributed by atoms with E-state index < -0.39 is 60.4 Å². The fourth-order valence-corrected chi connectivity index (χ4v) is 8.86. The molecule has 0 spiro atoms. The average molecular weight is 758 g/mol. The molecule has 12 aromatic rings. The summed E-state index contributed by atoms with van der Waals surface area (Å²) in [6, 6.07) is 32.4. The number of hydrogen-bond acceptors (Lipinski definition) is 6. The minimum atomic E-state index is -0.624. The minimum absolute atomic E-state index is 0.0864. The van der Waals surface area contributed by atoms with E-state index in [1.807, 2.05) is 42.5 Å². The Morgan fingerprint density at radius 1 is 0.404 bits per heavy atom. The maximum absolute atomic E-state index is 8.73. The van der Waals surface area contributed by atoms with Gasteiger partial charge in [-0.25, -0.2) is 15.0 Å². The van der Waals surface area contributed by atoms with Crippen LogP contribution in [0.1, 0.15) is 13.7 Å². The van der Waals surface area contributed by atoms with Gasteiger partial charge in [0.2, 0.25) is 0 Å². The number of nitrogens with zero attached hydrogens (tertiary/aromatic N) is 3. The normalized spacial score (nSPS) is 14.3. The maximum Gasteiger partial charge on any atom is 0.167 e. The largest absolute Gasteiger partial charge is 0.455 e. The average Bonchev–Trinajstić information content (AvgIpc) is 4.05. The molecule has 0 fully saturated rings. The van der Waals surface area contributed by atoms with Gasteiger partial charge >= 0.3 is 0 Å². The topological polar surface area (TPSA) is 65.0 Å². The summed E-state index contributed by atoms with van der Waals surface area (Å²) in [6.07, 6.45) is 0. The van der Waals surface area contributed by atoms with Crippen LogP contribution in [0.2, 0.25) is 0 Å². The van der Waals surface area contributed by atoms with Gasteiger partial charge in [0.1, 0.15) is 22.3 Å². The maximum atomic E-state index is 8.73. The number of aromatic nitrogens is 3. The van der Waals surface area contributed by atoms with Gasteiger partial charge in [0, 0.05) is 58.4 Å². The molecular weight excluding hydrogens is 719 g/mol. The van der Waals surface area contributed by atoms with Crippen LogP contribution in [0.15, 0.2) is 185 Å². The van der Waals surface area contributed by atoms with Gasteiger partial charge in [0.25, 0.3) is 0 Å². The summed E-state index contributed by atoms with van der Waals surface area (Å²) >= 11 is 1.78. The van der Waals surface area contributed by atoms with Crippen molar-refractivity contribution in [3.63, 3.8) is 0 Å². The zero-order valence-electron chi connectivity index (χ0n) is 39.5. The third-order valence-corrected chi connectivity index (χ3v) is 11.5. The second kappa shape index (κ2) is 12.6. The summed E-state index contributed by atoms with van der Waals surface area (Å²) in [5, 5.41) is 5.84. The van der Waals surface area contributed by atoms with Crippen molar-refractivity contribution in [2.24, 2.45) is 0 Å². The summed E-state index contributed by atoms with van der Waals surface area (Å²) in [7, 11) is 0. The molecule has 5 nitrogen and oxygen atoms in total. The number of para-hydroxylation sites is 2. The van der Waals surface area contributed by atoms with Crippen molar-refractivity contribution in [2.45, 2.75) is 0 Å². The number of hydrogen-bond donors (Lipinski definition) is 0. The molecule has 0 bridgehead atoms. The highest BCUT2D eigenvalue weighted by Crippen LogP contribution is 2.45. The second-order valence-electron chi connectivity index (χ2n) is 13.6. The zero-order chi connectivity index (χ0) is 46.2. The lowest BCUT2D eigenvalue weighted by molar-refractivity contribution is 0.668. The Morgan fingerprint density at radius 2 is 1.00 bits per heavy atom. The molecule has 0 aliphatic rings. The fourth-order valence-electron chi connectivity index (χ4n) is 7.78. The predicted octanol–water partition coefficient (Wildman–Crippen LogP) is 14.4. The fraction of sp³-hybridized carbons (Fsp3) is 0. The van der Waals surface area contributed by atoms with Gasteiger partial charge in [-0.1, -0.05) is 127 Å². The Hall–Kier alpha value is -7.41. The molecule has 0 atom stereocenters. The van der Waals surface area contributed by atoms with Crippen molar-refractivity contribution in [3.05, 3.63) is 176 Å². The molecule has 0 N–H and O–H groups in total. The number of fused-ring (bicyclic) bond motifs is 9. The third kappa shape index (κ3) is 5.12. The molecule has 0 radical (unpaired) electrons. The summed E-state index contributed by atoms with van der Waals surface area (Å²) < 4.78 is 100. The van der Waals surface area contributed by atoms with Gasteiger partial charge in [0.05, 0.1) is 19.3 Å². The Balaban J connectivity index is 1.05. The Bertz CT molecular complexity index is 4000. The molecule has 4 heterocycles. The van der Waals surface area contributed by atoms with Gasteiger partial charge in [-0.2, -0.15) is 0 Å². The number of thiophene rings is 1. The predicted molar refractivity (Wildman–Crippen MR) is 234 cm³/mol. The van der Waals surface area contributed by atoms with Crippen LogP contribution >= 0.6 is 11.3 Å². The number of benzene rings is 8. The Kier molecular flexibility index (Phi) is 5.18.